The molecule has 43 heavy (non-hydrogen) atoms. The first kappa shape index (κ1) is 31.4. The minimum Gasteiger partial charge on any atom is -0.385 e. The molecule has 4 aromatic rings. The number of benzene rings is 2. The second kappa shape index (κ2) is 15.6. The molecule has 10 nitrogen and oxygen atoms in total. The van der Waals surface area contributed by atoms with E-state index in [1.807, 2.05) is 62.0 Å². The third-order valence-corrected chi connectivity index (χ3v) is 7.03. The number of nitrogens with zero attached hydrogens (tertiary/aromatic N) is 4. The predicted octanol–water partition coefficient (Wildman–Crippen LogP) is 4.34. The zero-order chi connectivity index (χ0) is 30.6. The number of amides is 1. The summed E-state index contributed by atoms with van der Waals surface area (Å²) in [6.45, 7) is 10.1. The van der Waals surface area contributed by atoms with Crippen molar-refractivity contribution in [3.05, 3.63) is 94.1 Å². The summed E-state index contributed by atoms with van der Waals surface area (Å²) in [5.74, 6) is 6.58. The average molecular weight is 581 g/mol. The first-order chi connectivity index (χ1) is 20.9. The van der Waals surface area contributed by atoms with Gasteiger partial charge in [-0.25, -0.2) is 9.97 Å². The molecule has 0 fully saturated rings. The van der Waals surface area contributed by atoms with E-state index in [0.29, 0.717) is 23.7 Å². The summed E-state index contributed by atoms with van der Waals surface area (Å²) in [5, 5.41) is 17.2. The molecule has 0 aliphatic heterocycles. The van der Waals surface area contributed by atoms with Gasteiger partial charge in [-0.3, -0.25) is 9.48 Å². The molecule has 0 atom stereocenters. The fraction of sp³-hybridized carbons (Fsp3) is 0.333. The number of carbonyl (C=O) groups is 1. The first-order valence-corrected chi connectivity index (χ1v) is 14.4. The highest BCUT2D eigenvalue weighted by Crippen LogP contribution is 2.19. The van der Waals surface area contributed by atoms with Crippen molar-refractivity contribution in [3.8, 4) is 11.8 Å². The minimum atomic E-state index is -0.182. The number of hydrogen-bond acceptors (Lipinski definition) is 8. The Morgan fingerprint density at radius 3 is 2.53 bits per heavy atom. The van der Waals surface area contributed by atoms with Crippen molar-refractivity contribution in [1.29, 1.82) is 0 Å². The van der Waals surface area contributed by atoms with E-state index in [4.69, 9.17) is 4.74 Å². The van der Waals surface area contributed by atoms with Gasteiger partial charge in [-0.1, -0.05) is 24.0 Å². The van der Waals surface area contributed by atoms with Gasteiger partial charge in [0.25, 0.3) is 5.91 Å². The standard InChI is InChI=1S/C33H40N8O2/c1-23-7-9-28(32(42)39-30-12-11-29(24(2)17-30)21-35-14-13-34-4)18-27(23)10-8-26-19-36-33(37-20-26)40-31-22-38-41(25(31)3)15-6-16-43-5/h7,9,11-12,17-20,22,34-35H,6,13-16,21H2,1-5H3,(H,39,42)(H,36,37,40). The Labute approximate surface area is 253 Å². The lowest BCUT2D eigenvalue weighted by molar-refractivity contribution is 0.102. The summed E-state index contributed by atoms with van der Waals surface area (Å²) in [7, 11) is 3.63. The Hall–Kier alpha value is -4.56. The van der Waals surface area contributed by atoms with E-state index in [0.717, 1.165) is 66.4 Å². The largest absolute Gasteiger partial charge is 0.385 e. The molecular weight excluding hydrogens is 540 g/mol. The second-order valence-corrected chi connectivity index (χ2v) is 10.3. The van der Waals surface area contributed by atoms with Crippen LogP contribution in [0.25, 0.3) is 0 Å². The average Bonchev–Trinajstić information content (AvgIpc) is 3.35. The SMILES string of the molecule is CNCCNCc1ccc(NC(=O)c2ccc(C)c(C#Cc3cnc(Nc4cnn(CCCOC)c4C)nc3)c2)cc1C. The molecule has 0 saturated heterocycles. The minimum absolute atomic E-state index is 0.182. The van der Waals surface area contributed by atoms with Gasteiger partial charge < -0.3 is 26.0 Å². The number of aryl methyl sites for hydroxylation is 3. The zero-order valence-corrected chi connectivity index (χ0v) is 25.5. The van der Waals surface area contributed by atoms with Crippen LogP contribution < -0.4 is 21.3 Å². The number of rotatable bonds is 13. The number of carbonyl (C=O) groups excluding carboxylic acids is 1. The van der Waals surface area contributed by atoms with Gasteiger partial charge in [-0.05, 0) is 75.2 Å². The lowest BCUT2D eigenvalue weighted by Gasteiger charge is -2.11. The van der Waals surface area contributed by atoms with Crippen molar-refractivity contribution < 1.29 is 9.53 Å². The van der Waals surface area contributed by atoms with Crippen LogP contribution in [0.2, 0.25) is 0 Å². The smallest absolute Gasteiger partial charge is 0.255 e. The highest BCUT2D eigenvalue weighted by atomic mass is 16.5. The Bertz CT molecular complexity index is 1580. The van der Waals surface area contributed by atoms with E-state index >= 15 is 0 Å². The van der Waals surface area contributed by atoms with E-state index in [-0.39, 0.29) is 5.91 Å². The molecule has 0 aliphatic carbocycles. The lowest BCUT2D eigenvalue weighted by Crippen LogP contribution is -2.24. The van der Waals surface area contributed by atoms with Crippen LogP contribution >= 0.6 is 0 Å². The van der Waals surface area contributed by atoms with Gasteiger partial charge in [0, 0.05) is 69.1 Å². The van der Waals surface area contributed by atoms with Crippen molar-refractivity contribution >= 4 is 23.2 Å². The summed E-state index contributed by atoms with van der Waals surface area (Å²) in [6.07, 6.45) is 6.01. The van der Waals surface area contributed by atoms with Gasteiger partial charge in [-0.15, -0.1) is 0 Å². The van der Waals surface area contributed by atoms with Crippen LogP contribution in [0.5, 0.6) is 0 Å². The van der Waals surface area contributed by atoms with Crippen LogP contribution in [-0.4, -0.2) is 59.5 Å². The molecule has 0 bridgehead atoms. The van der Waals surface area contributed by atoms with Crippen molar-refractivity contribution in [2.45, 2.75) is 40.3 Å². The lowest BCUT2D eigenvalue weighted by atomic mass is 10.0. The number of hydrogen-bond donors (Lipinski definition) is 4. The molecular formula is C33H40N8O2. The van der Waals surface area contributed by atoms with E-state index in [2.05, 4.69) is 55.1 Å². The molecule has 0 saturated carbocycles. The molecule has 2 aromatic heterocycles. The highest BCUT2D eigenvalue weighted by Gasteiger charge is 2.10. The van der Waals surface area contributed by atoms with Gasteiger partial charge in [0.2, 0.25) is 5.95 Å². The van der Waals surface area contributed by atoms with Crippen LogP contribution in [0.3, 0.4) is 0 Å². The van der Waals surface area contributed by atoms with Crippen LogP contribution in [0, 0.1) is 32.6 Å². The maximum Gasteiger partial charge on any atom is 0.255 e. The predicted molar refractivity (Wildman–Crippen MR) is 171 cm³/mol. The summed E-state index contributed by atoms with van der Waals surface area (Å²) in [6, 6.07) is 11.5. The van der Waals surface area contributed by atoms with E-state index in [1.165, 1.54) is 5.56 Å². The van der Waals surface area contributed by atoms with Crippen molar-refractivity contribution in [2.24, 2.45) is 0 Å². The number of aromatic nitrogens is 4. The fourth-order valence-corrected chi connectivity index (χ4v) is 4.38. The fourth-order valence-electron chi connectivity index (χ4n) is 4.38. The number of ether oxygens (including phenoxy) is 1. The third-order valence-electron chi connectivity index (χ3n) is 7.03. The Kier molecular flexibility index (Phi) is 11.4. The number of methoxy groups -OCH3 is 1. The van der Waals surface area contributed by atoms with Crippen molar-refractivity contribution in [1.82, 2.24) is 30.4 Å². The monoisotopic (exact) mass is 580 g/mol. The van der Waals surface area contributed by atoms with E-state index in [1.54, 1.807) is 25.7 Å². The highest BCUT2D eigenvalue weighted by molar-refractivity contribution is 6.04. The van der Waals surface area contributed by atoms with Crippen LogP contribution in [0.1, 0.15) is 50.3 Å². The van der Waals surface area contributed by atoms with Crippen molar-refractivity contribution in [2.75, 3.05) is 44.5 Å². The summed E-state index contributed by atoms with van der Waals surface area (Å²) in [5.41, 5.74) is 7.90. The summed E-state index contributed by atoms with van der Waals surface area (Å²) >= 11 is 0. The molecule has 2 aromatic carbocycles. The van der Waals surface area contributed by atoms with E-state index in [9.17, 15) is 4.79 Å². The normalized spacial score (nSPS) is 10.7. The van der Waals surface area contributed by atoms with Gasteiger partial charge in [0.05, 0.1) is 23.1 Å². The number of anilines is 3. The van der Waals surface area contributed by atoms with Crippen molar-refractivity contribution in [3.63, 3.8) is 0 Å². The maximum absolute atomic E-state index is 13.1. The van der Waals surface area contributed by atoms with Gasteiger partial charge in [0.1, 0.15) is 0 Å². The van der Waals surface area contributed by atoms with Gasteiger partial charge in [-0.2, -0.15) is 5.10 Å². The molecule has 10 heteroatoms. The molecule has 0 radical (unpaired) electrons. The topological polar surface area (TPSA) is 118 Å². The second-order valence-electron chi connectivity index (χ2n) is 10.3. The molecule has 0 unspecified atom stereocenters. The molecule has 0 spiro atoms. The van der Waals surface area contributed by atoms with E-state index < -0.39 is 0 Å². The Balaban J connectivity index is 1.38. The third kappa shape index (κ3) is 8.96. The summed E-state index contributed by atoms with van der Waals surface area (Å²) < 4.78 is 7.05. The van der Waals surface area contributed by atoms with Gasteiger partial charge in [0.15, 0.2) is 0 Å². The number of likely N-dealkylation sites (N-methyl/N-ethyl adjacent to an activating group) is 1. The quantitative estimate of drug-likeness (QED) is 0.136. The first-order valence-electron chi connectivity index (χ1n) is 14.4. The van der Waals surface area contributed by atoms with Crippen LogP contribution in [-0.2, 0) is 17.8 Å². The van der Waals surface area contributed by atoms with Gasteiger partial charge >= 0.3 is 0 Å². The molecule has 2 heterocycles. The Morgan fingerprint density at radius 1 is 0.977 bits per heavy atom. The summed E-state index contributed by atoms with van der Waals surface area (Å²) in [4.78, 5) is 21.9. The van der Waals surface area contributed by atoms with Crippen LogP contribution in [0.15, 0.2) is 55.0 Å². The molecule has 4 rings (SSSR count). The molecule has 4 N–H and O–H groups in total. The molecule has 224 valence electrons. The molecule has 0 aliphatic rings. The van der Waals surface area contributed by atoms with Crippen LogP contribution in [0.4, 0.5) is 17.3 Å². The zero-order valence-electron chi connectivity index (χ0n) is 25.5. The Morgan fingerprint density at radius 2 is 1.79 bits per heavy atom. The molecule has 1 amide bonds. The number of nitrogens with one attached hydrogen (secondary N) is 4. The maximum atomic E-state index is 13.1.